The predicted octanol–water partition coefficient (Wildman–Crippen LogP) is 8.06. The third-order valence-electron chi connectivity index (χ3n) is 5.63. The van der Waals surface area contributed by atoms with E-state index in [0.717, 1.165) is 0 Å². The molecule has 1 N–H and O–H groups in total. The van der Waals surface area contributed by atoms with Crippen LogP contribution in [0.15, 0.2) is 72.8 Å². The monoisotopic (exact) mass is 379 g/mol. The number of H-pyrrole nitrogens is 1. The second-order valence-electron chi connectivity index (χ2n) is 7.05. The van der Waals surface area contributed by atoms with E-state index in [2.05, 4.69) is 77.8 Å². The van der Waals surface area contributed by atoms with Crippen LogP contribution in [0.1, 0.15) is 0 Å². The fraction of sp³-hybridized carbons (Fsp3) is 0. The number of aromatic amines is 1. The first-order chi connectivity index (χ1) is 13.4. The molecule has 0 unspecified atom stereocenters. The average molecular weight is 380 g/mol. The number of hydrogen-bond acceptors (Lipinski definition) is 2. The van der Waals surface area contributed by atoms with Crippen molar-refractivity contribution in [3.8, 4) is 0 Å². The largest absolute Gasteiger partial charge is 0.352 e. The number of nitrogens with one attached hydrogen (secondary N) is 1. The molecule has 0 bridgehead atoms. The van der Waals surface area contributed by atoms with Crippen molar-refractivity contribution >= 4 is 84.8 Å². The lowest BCUT2D eigenvalue weighted by Crippen LogP contribution is -1.69. The van der Waals surface area contributed by atoms with E-state index in [1.54, 1.807) is 0 Å². The van der Waals surface area contributed by atoms with Gasteiger partial charge in [-0.25, -0.2) is 0 Å². The molecule has 0 spiro atoms. The molecule has 0 aliphatic carbocycles. The number of benzene rings is 4. The molecule has 0 fully saturated rings. The van der Waals surface area contributed by atoms with Crippen molar-refractivity contribution in [2.24, 2.45) is 0 Å². The smallest absolute Gasteiger partial charge is 0.0646 e. The van der Waals surface area contributed by atoms with Gasteiger partial charge in [0.15, 0.2) is 0 Å². The Hall–Kier alpha value is -2.88. The zero-order valence-electron chi connectivity index (χ0n) is 14.2. The van der Waals surface area contributed by atoms with Gasteiger partial charge in [0, 0.05) is 41.7 Å². The highest BCUT2D eigenvalue weighted by molar-refractivity contribution is 7.27. The molecule has 0 saturated carbocycles. The summed E-state index contributed by atoms with van der Waals surface area (Å²) in [6.45, 7) is 0. The van der Waals surface area contributed by atoms with Gasteiger partial charge in [0.25, 0.3) is 0 Å². The van der Waals surface area contributed by atoms with Crippen molar-refractivity contribution in [2.45, 2.75) is 0 Å². The second kappa shape index (κ2) is 4.89. The number of hydrogen-bond donors (Lipinski definition) is 1. The molecule has 3 aromatic heterocycles. The van der Waals surface area contributed by atoms with E-state index in [4.69, 9.17) is 0 Å². The highest BCUT2D eigenvalue weighted by atomic mass is 32.1. The Bertz CT molecular complexity index is 1550. The van der Waals surface area contributed by atoms with Crippen LogP contribution in [0.25, 0.3) is 62.2 Å². The number of thiophene rings is 2. The van der Waals surface area contributed by atoms with Gasteiger partial charge in [0.1, 0.15) is 0 Å². The summed E-state index contributed by atoms with van der Waals surface area (Å²) >= 11 is 3.78. The quantitative estimate of drug-likeness (QED) is 0.274. The molecule has 0 amide bonds. The normalized spacial score (nSPS) is 12.4. The fourth-order valence-corrected chi connectivity index (χ4v) is 6.81. The molecule has 27 heavy (non-hydrogen) atoms. The zero-order chi connectivity index (χ0) is 17.5. The summed E-state index contributed by atoms with van der Waals surface area (Å²) in [5.74, 6) is 0. The van der Waals surface area contributed by atoms with Crippen molar-refractivity contribution in [2.75, 3.05) is 0 Å². The average Bonchev–Trinajstić information content (AvgIpc) is 3.38. The Morgan fingerprint density at radius 1 is 0.444 bits per heavy atom. The summed E-state index contributed by atoms with van der Waals surface area (Å²) < 4.78 is 5.43. The summed E-state index contributed by atoms with van der Waals surface area (Å²) in [6, 6.07) is 26.6. The molecule has 126 valence electrons. The maximum Gasteiger partial charge on any atom is 0.0646 e. The first-order valence-electron chi connectivity index (χ1n) is 9.04. The second-order valence-corrected chi connectivity index (χ2v) is 9.16. The predicted molar refractivity (Wildman–Crippen MR) is 122 cm³/mol. The molecular weight excluding hydrogens is 366 g/mol. The van der Waals surface area contributed by atoms with E-state index in [1.165, 1.54) is 62.2 Å². The third-order valence-corrected chi connectivity index (χ3v) is 8.04. The van der Waals surface area contributed by atoms with Gasteiger partial charge in [-0.1, -0.05) is 60.7 Å². The van der Waals surface area contributed by atoms with E-state index < -0.39 is 0 Å². The van der Waals surface area contributed by atoms with Crippen LogP contribution in [-0.2, 0) is 0 Å². The minimum Gasteiger partial charge on any atom is -0.352 e. The molecule has 4 aromatic carbocycles. The van der Waals surface area contributed by atoms with Crippen molar-refractivity contribution in [3.05, 3.63) is 72.8 Å². The summed E-state index contributed by atoms with van der Waals surface area (Å²) in [5, 5.41) is 8.05. The van der Waals surface area contributed by atoms with Crippen LogP contribution in [-0.4, -0.2) is 4.98 Å². The van der Waals surface area contributed by atoms with Crippen LogP contribution in [0.3, 0.4) is 0 Å². The summed E-state index contributed by atoms with van der Waals surface area (Å²) in [6.07, 6.45) is 0. The number of fused-ring (bicyclic) bond motifs is 11. The van der Waals surface area contributed by atoms with Gasteiger partial charge in [-0.15, -0.1) is 22.7 Å². The SMILES string of the molecule is c1ccc2c(c1)sc1c2ccc2c3ccc4c5ccccc5sc4c3[nH]c21. The minimum absolute atomic E-state index is 1.27. The van der Waals surface area contributed by atoms with E-state index in [-0.39, 0.29) is 0 Å². The number of aromatic nitrogens is 1. The lowest BCUT2D eigenvalue weighted by molar-refractivity contribution is 1.60. The number of rotatable bonds is 0. The van der Waals surface area contributed by atoms with Gasteiger partial charge in [-0.2, -0.15) is 0 Å². The molecule has 1 nitrogen and oxygen atoms in total. The van der Waals surface area contributed by atoms with Crippen molar-refractivity contribution in [1.82, 2.24) is 4.98 Å². The van der Waals surface area contributed by atoms with Crippen molar-refractivity contribution < 1.29 is 0 Å². The van der Waals surface area contributed by atoms with Crippen LogP contribution in [0.2, 0.25) is 0 Å². The van der Waals surface area contributed by atoms with Crippen LogP contribution < -0.4 is 0 Å². The molecule has 0 aliphatic rings. The Kier molecular flexibility index (Phi) is 2.57. The van der Waals surface area contributed by atoms with Gasteiger partial charge in [-0.3, -0.25) is 0 Å². The molecule has 7 aromatic rings. The Morgan fingerprint density at radius 2 is 0.889 bits per heavy atom. The molecule has 3 heterocycles. The maximum absolute atomic E-state index is 3.81. The minimum atomic E-state index is 1.27. The molecule has 3 heteroatoms. The van der Waals surface area contributed by atoms with E-state index in [1.807, 2.05) is 22.7 Å². The van der Waals surface area contributed by atoms with Crippen molar-refractivity contribution in [3.63, 3.8) is 0 Å². The van der Waals surface area contributed by atoms with Crippen LogP contribution >= 0.6 is 22.7 Å². The molecule has 0 radical (unpaired) electrons. The zero-order valence-corrected chi connectivity index (χ0v) is 15.9. The van der Waals surface area contributed by atoms with Gasteiger partial charge in [0.2, 0.25) is 0 Å². The van der Waals surface area contributed by atoms with Crippen molar-refractivity contribution in [1.29, 1.82) is 0 Å². The summed E-state index contributed by atoms with van der Waals surface area (Å²) in [5.41, 5.74) is 2.54. The van der Waals surface area contributed by atoms with E-state index >= 15 is 0 Å². The van der Waals surface area contributed by atoms with Gasteiger partial charge in [0.05, 0.1) is 20.4 Å². The van der Waals surface area contributed by atoms with Gasteiger partial charge >= 0.3 is 0 Å². The van der Waals surface area contributed by atoms with E-state index in [9.17, 15) is 0 Å². The van der Waals surface area contributed by atoms with Gasteiger partial charge < -0.3 is 4.98 Å². The Balaban J connectivity index is 1.72. The van der Waals surface area contributed by atoms with Gasteiger partial charge in [-0.05, 0) is 12.1 Å². The standard InChI is InChI=1S/C24H13NS2/c1-3-7-19-13(5-1)17-11-9-15-16-10-12-18-14-6-2-4-8-20(14)27-24(18)22(16)25-21(15)23(17)26-19/h1-12,25H. The highest BCUT2D eigenvalue weighted by Gasteiger charge is 2.15. The molecular formula is C24H13NS2. The first kappa shape index (κ1) is 14.2. The lowest BCUT2D eigenvalue weighted by atomic mass is 10.1. The topological polar surface area (TPSA) is 15.8 Å². The van der Waals surface area contributed by atoms with E-state index in [0.29, 0.717) is 0 Å². The summed E-state index contributed by atoms with van der Waals surface area (Å²) in [7, 11) is 0. The Morgan fingerprint density at radius 3 is 1.41 bits per heavy atom. The van der Waals surface area contributed by atoms with Crippen LogP contribution in [0, 0.1) is 0 Å². The fourth-order valence-electron chi connectivity index (χ4n) is 4.40. The molecule has 0 aliphatic heterocycles. The Labute approximate surface area is 162 Å². The van der Waals surface area contributed by atoms with Crippen LogP contribution in [0.5, 0.6) is 0 Å². The third kappa shape index (κ3) is 1.73. The lowest BCUT2D eigenvalue weighted by Gasteiger charge is -1.95. The maximum atomic E-state index is 3.81. The first-order valence-corrected chi connectivity index (χ1v) is 10.7. The molecule has 0 atom stereocenters. The highest BCUT2D eigenvalue weighted by Crippen LogP contribution is 2.43. The molecule has 0 saturated heterocycles. The van der Waals surface area contributed by atoms with Crippen LogP contribution in [0.4, 0.5) is 0 Å². The summed E-state index contributed by atoms with van der Waals surface area (Å²) in [4.78, 5) is 3.81. The molecule has 7 rings (SSSR count).